The van der Waals surface area contributed by atoms with Gasteiger partial charge in [0.2, 0.25) is 0 Å². The number of carbonyl (C=O) groups excluding carboxylic acids is 1. The number of ether oxygens (including phenoxy) is 1. The summed E-state index contributed by atoms with van der Waals surface area (Å²) in [7, 11) is 1.61. The van der Waals surface area contributed by atoms with Gasteiger partial charge < -0.3 is 15.8 Å². The van der Waals surface area contributed by atoms with E-state index in [-0.39, 0.29) is 5.78 Å². The fourth-order valence-corrected chi connectivity index (χ4v) is 2.23. The lowest BCUT2D eigenvalue weighted by atomic mass is 10.1. The van der Waals surface area contributed by atoms with Gasteiger partial charge in [-0.15, -0.1) is 0 Å². The molecule has 0 aliphatic heterocycles. The van der Waals surface area contributed by atoms with E-state index >= 15 is 0 Å². The van der Waals surface area contributed by atoms with E-state index in [1.54, 1.807) is 19.2 Å². The third kappa shape index (κ3) is 3.11. The number of nitrogen functional groups attached to an aromatic ring is 1. The smallest absolute Gasteiger partial charge is 0.161 e. The first kappa shape index (κ1) is 14.4. The van der Waals surface area contributed by atoms with Crippen molar-refractivity contribution in [1.82, 2.24) is 0 Å². The molecule has 0 amide bonds. The number of Topliss-reactive ketones (excluding diaryl/α,β-unsaturated/α-hetero) is 1. The number of rotatable bonds is 4. The summed E-state index contributed by atoms with van der Waals surface area (Å²) < 4.78 is 6.23. The van der Waals surface area contributed by atoms with Crippen LogP contribution in [0.4, 0.5) is 17.1 Å². The van der Waals surface area contributed by atoms with Crippen LogP contribution in [0.25, 0.3) is 0 Å². The second-order valence-corrected chi connectivity index (χ2v) is 5.24. The Morgan fingerprint density at radius 3 is 2.65 bits per heavy atom. The van der Waals surface area contributed by atoms with Crippen molar-refractivity contribution in [3.8, 4) is 5.75 Å². The molecule has 3 N–H and O–H groups in total. The Bertz CT molecular complexity index is 656. The Morgan fingerprint density at radius 1 is 1.25 bits per heavy atom. The predicted molar refractivity (Wildman–Crippen MR) is 84.8 cm³/mol. The number of nitrogens with one attached hydrogen (secondary N) is 1. The summed E-state index contributed by atoms with van der Waals surface area (Å²) in [6.45, 7) is 1.50. The largest absolute Gasteiger partial charge is 0.495 e. The molecule has 0 radical (unpaired) electrons. The van der Waals surface area contributed by atoms with Gasteiger partial charge in [0.1, 0.15) is 5.75 Å². The maximum Gasteiger partial charge on any atom is 0.161 e. The molecule has 2 rings (SSSR count). The van der Waals surface area contributed by atoms with Gasteiger partial charge in [-0.25, -0.2) is 0 Å². The molecule has 104 valence electrons. The number of carbonyl (C=O) groups is 1. The van der Waals surface area contributed by atoms with Crippen LogP contribution in [0.15, 0.2) is 40.9 Å². The molecule has 0 heterocycles. The highest BCUT2D eigenvalue weighted by Crippen LogP contribution is 2.31. The van der Waals surface area contributed by atoms with Gasteiger partial charge in [-0.2, -0.15) is 0 Å². The van der Waals surface area contributed by atoms with Crippen LogP contribution in [0.3, 0.4) is 0 Å². The van der Waals surface area contributed by atoms with Crippen LogP contribution in [0, 0.1) is 0 Å². The van der Waals surface area contributed by atoms with E-state index in [9.17, 15) is 4.79 Å². The van der Waals surface area contributed by atoms with Gasteiger partial charge in [-0.1, -0.05) is 15.9 Å². The van der Waals surface area contributed by atoms with Crippen LogP contribution in [-0.4, -0.2) is 12.9 Å². The topological polar surface area (TPSA) is 64.3 Å². The maximum atomic E-state index is 11.5. The lowest BCUT2D eigenvalue weighted by Gasteiger charge is -2.13. The summed E-state index contributed by atoms with van der Waals surface area (Å²) in [4.78, 5) is 11.5. The van der Waals surface area contributed by atoms with E-state index in [2.05, 4.69) is 21.2 Å². The molecule has 2 aromatic rings. The van der Waals surface area contributed by atoms with E-state index in [4.69, 9.17) is 10.5 Å². The van der Waals surface area contributed by atoms with Crippen LogP contribution in [0.5, 0.6) is 5.75 Å². The van der Waals surface area contributed by atoms with Gasteiger partial charge >= 0.3 is 0 Å². The standard InChI is InChI=1S/C15H15BrN2O2/c1-9(19)12-8-11(4-5-13(12)17)18-14-7-10(16)3-6-15(14)20-2/h3-8,18H,17H2,1-2H3. The minimum absolute atomic E-state index is 0.0626. The predicted octanol–water partition coefficient (Wildman–Crippen LogP) is 3.99. The number of hydrogen-bond acceptors (Lipinski definition) is 4. The van der Waals surface area contributed by atoms with Crippen LogP contribution >= 0.6 is 15.9 Å². The molecular weight excluding hydrogens is 320 g/mol. The highest BCUT2D eigenvalue weighted by Gasteiger charge is 2.08. The quantitative estimate of drug-likeness (QED) is 0.655. The Labute approximate surface area is 126 Å². The SMILES string of the molecule is COc1ccc(Br)cc1Nc1ccc(N)c(C(C)=O)c1. The number of methoxy groups -OCH3 is 1. The van der Waals surface area contributed by atoms with Crippen molar-refractivity contribution in [1.29, 1.82) is 0 Å². The number of anilines is 3. The maximum absolute atomic E-state index is 11.5. The van der Waals surface area contributed by atoms with Crippen molar-refractivity contribution < 1.29 is 9.53 Å². The van der Waals surface area contributed by atoms with E-state index in [1.807, 2.05) is 24.3 Å². The number of nitrogens with two attached hydrogens (primary N) is 1. The van der Waals surface area contributed by atoms with Crippen LogP contribution in [-0.2, 0) is 0 Å². The first-order valence-electron chi connectivity index (χ1n) is 6.02. The monoisotopic (exact) mass is 334 g/mol. The molecule has 4 nitrogen and oxygen atoms in total. The Kier molecular flexibility index (Phi) is 4.29. The van der Waals surface area contributed by atoms with Gasteiger partial charge in [-0.3, -0.25) is 4.79 Å². The fourth-order valence-electron chi connectivity index (χ4n) is 1.87. The molecule has 20 heavy (non-hydrogen) atoms. The molecule has 0 saturated heterocycles. The van der Waals surface area contributed by atoms with Gasteiger partial charge in [0.25, 0.3) is 0 Å². The highest BCUT2D eigenvalue weighted by atomic mass is 79.9. The summed E-state index contributed by atoms with van der Waals surface area (Å²) in [6, 6.07) is 10.9. The fraction of sp³-hybridized carbons (Fsp3) is 0.133. The molecule has 0 fully saturated rings. The van der Waals surface area contributed by atoms with Gasteiger partial charge in [0, 0.05) is 21.4 Å². The molecule has 0 atom stereocenters. The molecule has 0 aliphatic carbocycles. The number of benzene rings is 2. The first-order valence-corrected chi connectivity index (χ1v) is 6.81. The normalized spacial score (nSPS) is 10.2. The third-order valence-corrected chi connectivity index (χ3v) is 3.37. The van der Waals surface area contributed by atoms with Crippen LogP contribution in [0.2, 0.25) is 0 Å². The minimum Gasteiger partial charge on any atom is -0.495 e. The van der Waals surface area contributed by atoms with E-state index in [1.165, 1.54) is 6.92 Å². The number of halogens is 1. The van der Waals surface area contributed by atoms with E-state index in [0.29, 0.717) is 11.3 Å². The molecule has 0 aromatic heterocycles. The average Bonchev–Trinajstić information content (AvgIpc) is 2.41. The summed E-state index contributed by atoms with van der Waals surface area (Å²) in [5, 5.41) is 3.22. The highest BCUT2D eigenvalue weighted by molar-refractivity contribution is 9.10. The Morgan fingerprint density at radius 2 is 2.00 bits per heavy atom. The van der Waals surface area contributed by atoms with Crippen molar-refractivity contribution in [2.45, 2.75) is 6.92 Å². The number of hydrogen-bond donors (Lipinski definition) is 2. The van der Waals surface area contributed by atoms with Gasteiger partial charge in [0.05, 0.1) is 12.8 Å². The number of ketones is 1. The second kappa shape index (κ2) is 5.96. The Balaban J connectivity index is 2.37. The van der Waals surface area contributed by atoms with Crippen molar-refractivity contribution >= 4 is 38.8 Å². The zero-order valence-electron chi connectivity index (χ0n) is 11.2. The molecule has 2 aromatic carbocycles. The molecule has 0 bridgehead atoms. The lowest BCUT2D eigenvalue weighted by molar-refractivity contribution is 0.101. The summed E-state index contributed by atoms with van der Waals surface area (Å²) in [6.07, 6.45) is 0. The molecule has 0 spiro atoms. The lowest BCUT2D eigenvalue weighted by Crippen LogP contribution is -2.01. The van der Waals surface area contributed by atoms with Crippen molar-refractivity contribution in [2.75, 3.05) is 18.2 Å². The first-order chi connectivity index (χ1) is 9.51. The van der Waals surface area contributed by atoms with Crippen LogP contribution < -0.4 is 15.8 Å². The summed E-state index contributed by atoms with van der Waals surface area (Å²) >= 11 is 3.42. The Hall–Kier alpha value is -2.01. The van der Waals surface area contributed by atoms with Gasteiger partial charge in [-0.05, 0) is 43.3 Å². The van der Waals surface area contributed by atoms with Gasteiger partial charge in [0.15, 0.2) is 5.78 Å². The third-order valence-electron chi connectivity index (χ3n) is 2.87. The molecule has 5 heteroatoms. The zero-order valence-corrected chi connectivity index (χ0v) is 12.8. The van der Waals surface area contributed by atoms with E-state index in [0.717, 1.165) is 21.6 Å². The molecule has 0 saturated carbocycles. The van der Waals surface area contributed by atoms with Crippen LogP contribution in [0.1, 0.15) is 17.3 Å². The summed E-state index contributed by atoms with van der Waals surface area (Å²) in [5.41, 5.74) is 8.35. The van der Waals surface area contributed by atoms with Crippen molar-refractivity contribution in [3.63, 3.8) is 0 Å². The second-order valence-electron chi connectivity index (χ2n) is 4.33. The molecule has 0 aliphatic rings. The van der Waals surface area contributed by atoms with Crippen molar-refractivity contribution in [2.24, 2.45) is 0 Å². The zero-order chi connectivity index (χ0) is 14.7. The summed E-state index contributed by atoms with van der Waals surface area (Å²) in [5.74, 6) is 0.654. The molecular formula is C15H15BrN2O2. The minimum atomic E-state index is -0.0626. The average molecular weight is 335 g/mol. The molecule has 0 unspecified atom stereocenters. The van der Waals surface area contributed by atoms with E-state index < -0.39 is 0 Å². The van der Waals surface area contributed by atoms with Crippen molar-refractivity contribution in [3.05, 3.63) is 46.4 Å².